The van der Waals surface area contributed by atoms with Crippen LogP contribution in [0.2, 0.25) is 0 Å². The maximum Gasteiger partial charge on any atom is 2.00 e. The second-order valence-corrected chi connectivity index (χ2v) is 8.71. The van der Waals surface area contributed by atoms with Crippen molar-refractivity contribution >= 4 is 57.1 Å². The second-order valence-electron chi connectivity index (χ2n) is 7.20. The first kappa shape index (κ1) is 21.1. The van der Waals surface area contributed by atoms with Gasteiger partial charge in [0.05, 0.1) is 10.5 Å². The third-order valence-electron chi connectivity index (χ3n) is 5.31. The molecule has 0 atom stereocenters. The Bertz CT molecular complexity index is 1580. The van der Waals surface area contributed by atoms with E-state index in [4.69, 9.17) is 17.6 Å². The van der Waals surface area contributed by atoms with Crippen molar-refractivity contribution in [3.63, 3.8) is 0 Å². The quantitative estimate of drug-likeness (QED) is 0.164. The molecule has 0 radical (unpaired) electrons. The smallest absolute Gasteiger partial charge is 0.778 e. The van der Waals surface area contributed by atoms with Gasteiger partial charge < -0.3 is 17.2 Å². The summed E-state index contributed by atoms with van der Waals surface area (Å²) in [7, 11) is 0. The van der Waals surface area contributed by atoms with Crippen LogP contribution in [0.1, 0.15) is 0 Å². The molecule has 3 nitrogen and oxygen atoms in total. The number of nitrogens with zero attached hydrogens (tertiary/aromatic N) is 3. The summed E-state index contributed by atoms with van der Waals surface area (Å²) in [5.41, 5.74) is 3.00. The van der Waals surface area contributed by atoms with Crippen molar-refractivity contribution in [2.24, 2.45) is 0 Å². The van der Waals surface area contributed by atoms with Crippen molar-refractivity contribution in [1.29, 1.82) is 0 Å². The van der Waals surface area contributed by atoms with Gasteiger partial charge in [0, 0.05) is 11.7 Å². The van der Waals surface area contributed by atoms with Gasteiger partial charge in [-0.1, -0.05) is 70.7 Å². The number of fused-ring (bicyclic) bond motifs is 4. The number of aromatic nitrogens is 3. The van der Waals surface area contributed by atoms with Gasteiger partial charge in [0.15, 0.2) is 0 Å². The Balaban J connectivity index is 0.00000216. The van der Waals surface area contributed by atoms with Gasteiger partial charge in [-0.25, -0.2) is 9.97 Å². The first-order valence-electron chi connectivity index (χ1n) is 9.89. The molecule has 0 spiro atoms. The predicted molar refractivity (Wildman–Crippen MR) is 129 cm³/mol. The third kappa shape index (κ3) is 3.61. The van der Waals surface area contributed by atoms with Crippen molar-refractivity contribution in [2.75, 3.05) is 0 Å². The van der Waals surface area contributed by atoms with Crippen LogP contribution in [0.15, 0.2) is 106 Å². The summed E-state index contributed by atoms with van der Waals surface area (Å²) < 4.78 is 2.17. The number of hydrogen-bond donors (Lipinski definition) is 0. The van der Waals surface area contributed by atoms with Crippen molar-refractivity contribution in [1.82, 2.24) is 14.5 Å². The molecule has 0 saturated carbocycles. The molecule has 6 heteroatoms. The van der Waals surface area contributed by atoms with Crippen LogP contribution in [-0.4, -0.2) is 14.5 Å². The van der Waals surface area contributed by atoms with E-state index in [0.717, 1.165) is 48.0 Å². The predicted octanol–water partition coefficient (Wildman–Crippen LogP) is 6.58. The van der Waals surface area contributed by atoms with Gasteiger partial charge in [-0.15, -0.1) is 16.3 Å². The summed E-state index contributed by atoms with van der Waals surface area (Å²) in [5, 5.41) is 4.31. The standard InChI is InChI=1S/C26H16N3S2.Pt/c30-23-9-5-6-17-11-14-25(28-26(17)23)31-18-12-13-20-19-7-1-2-8-21(19)29(22(20)16-18)24-10-3-4-15-27-24;/h1-15,30H;/q-1;+2/p-1. The molecule has 0 amide bonds. The molecular formula is C26H15N3PtS2. The molecule has 6 rings (SSSR count). The van der Waals surface area contributed by atoms with Crippen LogP contribution in [0.4, 0.5) is 0 Å². The molecule has 32 heavy (non-hydrogen) atoms. The van der Waals surface area contributed by atoms with Gasteiger partial charge in [0.25, 0.3) is 0 Å². The fourth-order valence-corrected chi connectivity index (χ4v) is 4.95. The molecule has 0 aliphatic carbocycles. The van der Waals surface area contributed by atoms with E-state index in [-0.39, 0.29) is 21.1 Å². The first-order chi connectivity index (χ1) is 15.3. The van der Waals surface area contributed by atoms with Crippen LogP contribution in [0, 0.1) is 6.07 Å². The molecule has 3 aromatic carbocycles. The summed E-state index contributed by atoms with van der Waals surface area (Å²) in [4.78, 5) is 11.2. The first-order valence-corrected chi connectivity index (χ1v) is 11.1. The van der Waals surface area contributed by atoms with Gasteiger partial charge in [0.2, 0.25) is 0 Å². The Kier molecular flexibility index (Phi) is 5.72. The van der Waals surface area contributed by atoms with Crippen molar-refractivity contribution in [3.8, 4) is 5.82 Å². The number of pyridine rings is 2. The van der Waals surface area contributed by atoms with E-state index < -0.39 is 0 Å². The summed E-state index contributed by atoms with van der Waals surface area (Å²) >= 11 is 7.05. The zero-order valence-corrected chi connectivity index (χ0v) is 20.5. The monoisotopic (exact) mass is 628 g/mol. The van der Waals surface area contributed by atoms with Crippen LogP contribution in [0.3, 0.4) is 0 Å². The summed E-state index contributed by atoms with van der Waals surface area (Å²) in [6, 6.07) is 32.3. The van der Waals surface area contributed by atoms with E-state index in [1.165, 1.54) is 5.39 Å². The second kappa shape index (κ2) is 8.67. The molecule has 156 valence electrons. The minimum Gasteiger partial charge on any atom is -0.778 e. The van der Waals surface area contributed by atoms with E-state index in [9.17, 15) is 0 Å². The molecule has 0 bridgehead atoms. The van der Waals surface area contributed by atoms with Crippen LogP contribution < -0.4 is 0 Å². The SMILES string of the molecule is [Pt+2].[S-]c1cccc2ccc(Sc3[c-]c4c(cc3)c3ccccc3n4-c3ccccn3)nc12. The Morgan fingerprint density at radius 3 is 2.56 bits per heavy atom. The molecule has 0 aliphatic rings. The number of rotatable bonds is 3. The van der Waals surface area contributed by atoms with Crippen LogP contribution in [0.5, 0.6) is 0 Å². The Morgan fingerprint density at radius 1 is 0.812 bits per heavy atom. The number of benzene rings is 3. The zero-order chi connectivity index (χ0) is 20.8. The normalized spacial score (nSPS) is 11.1. The maximum atomic E-state index is 5.46. The topological polar surface area (TPSA) is 30.7 Å². The van der Waals surface area contributed by atoms with Crippen LogP contribution in [0.25, 0.3) is 38.5 Å². The average molecular weight is 629 g/mol. The van der Waals surface area contributed by atoms with Gasteiger partial charge in [0.1, 0.15) is 5.82 Å². The molecule has 0 fully saturated rings. The molecule has 3 heterocycles. The summed E-state index contributed by atoms with van der Waals surface area (Å²) in [6.45, 7) is 0. The van der Waals surface area contributed by atoms with E-state index in [1.807, 2.05) is 48.7 Å². The van der Waals surface area contributed by atoms with E-state index in [0.29, 0.717) is 0 Å². The Morgan fingerprint density at radius 2 is 1.69 bits per heavy atom. The van der Waals surface area contributed by atoms with Crippen molar-refractivity contribution in [2.45, 2.75) is 14.8 Å². The summed E-state index contributed by atoms with van der Waals surface area (Å²) in [6.07, 6.45) is 1.82. The summed E-state index contributed by atoms with van der Waals surface area (Å²) in [5.74, 6) is 0.881. The van der Waals surface area contributed by atoms with E-state index in [1.54, 1.807) is 11.8 Å². The minimum atomic E-state index is 0. The minimum absolute atomic E-state index is 0. The molecule has 0 N–H and O–H groups in total. The largest absolute Gasteiger partial charge is 2.00 e. The molecule has 0 saturated heterocycles. The fraction of sp³-hybridized carbons (Fsp3) is 0. The number of hydrogen-bond acceptors (Lipinski definition) is 4. The third-order valence-corrected chi connectivity index (χ3v) is 6.53. The van der Waals surface area contributed by atoms with Gasteiger partial charge in [-0.3, -0.25) is 0 Å². The van der Waals surface area contributed by atoms with Crippen molar-refractivity contribution in [3.05, 3.63) is 97.2 Å². The molecule has 0 unspecified atom stereocenters. The molecule has 0 aliphatic heterocycles. The molecule has 3 aromatic heterocycles. The van der Waals surface area contributed by atoms with Crippen LogP contribution in [-0.2, 0) is 33.7 Å². The van der Waals surface area contributed by atoms with E-state index >= 15 is 0 Å². The fourth-order valence-electron chi connectivity index (χ4n) is 3.93. The Labute approximate surface area is 209 Å². The van der Waals surface area contributed by atoms with Crippen LogP contribution >= 0.6 is 11.8 Å². The molecular weight excluding hydrogens is 614 g/mol. The molecule has 6 aromatic rings. The maximum absolute atomic E-state index is 5.46. The number of para-hydroxylation sites is 2. The Hall–Kier alpha value is -2.72. The van der Waals surface area contributed by atoms with Crippen molar-refractivity contribution < 1.29 is 21.1 Å². The van der Waals surface area contributed by atoms with Gasteiger partial charge in [-0.05, 0) is 35.0 Å². The van der Waals surface area contributed by atoms with Gasteiger partial charge >= 0.3 is 21.1 Å². The average Bonchev–Trinajstić information content (AvgIpc) is 3.14. The van der Waals surface area contributed by atoms with Gasteiger partial charge in [-0.2, -0.15) is 12.1 Å². The van der Waals surface area contributed by atoms with E-state index in [2.05, 4.69) is 58.1 Å². The zero-order valence-electron chi connectivity index (χ0n) is 16.6.